The number of allylic oxidation sites excluding steroid dienone is 1. The van der Waals surface area contributed by atoms with Crippen molar-refractivity contribution in [2.45, 2.75) is 45.0 Å². The summed E-state index contributed by atoms with van der Waals surface area (Å²) in [6.07, 6.45) is 3.52. The first-order valence-corrected chi connectivity index (χ1v) is 11.4. The zero-order valence-electron chi connectivity index (χ0n) is 18.2. The standard InChI is InChI=1S/C22H26ClF2N3S.CH5N/c1-5-6-7-8-9-15(2)21-20(17-10-12-18(23)13-11-17)22(26-4)28(27-21)16(3)29-14-19(24)25;1-2/h5,10-13,15,19H,1,3-4,6-9,14H2,2H3;2H2,1H3. The number of rotatable bonds is 12. The number of unbranched alkanes of at least 4 members (excludes halogenated alkanes) is 2. The van der Waals surface area contributed by atoms with Crippen LogP contribution in [0.25, 0.3) is 16.2 Å². The molecule has 0 radical (unpaired) electrons. The van der Waals surface area contributed by atoms with Crippen LogP contribution in [-0.4, -0.2) is 35.7 Å². The van der Waals surface area contributed by atoms with Crippen LogP contribution in [0.1, 0.15) is 44.2 Å². The molecule has 0 bridgehead atoms. The van der Waals surface area contributed by atoms with Gasteiger partial charge >= 0.3 is 0 Å². The number of benzene rings is 1. The molecule has 4 nitrogen and oxygen atoms in total. The van der Waals surface area contributed by atoms with Crippen molar-refractivity contribution in [1.82, 2.24) is 9.78 Å². The molecule has 1 aromatic heterocycles. The van der Waals surface area contributed by atoms with E-state index in [1.54, 1.807) is 12.1 Å². The summed E-state index contributed by atoms with van der Waals surface area (Å²) in [4.78, 5) is 4.17. The lowest BCUT2D eigenvalue weighted by molar-refractivity contribution is 0.177. The summed E-state index contributed by atoms with van der Waals surface area (Å²) >= 11 is 7.01. The van der Waals surface area contributed by atoms with Crippen LogP contribution in [0.5, 0.6) is 0 Å². The Balaban J connectivity index is 0.00000233. The van der Waals surface area contributed by atoms with Gasteiger partial charge in [0.1, 0.15) is 0 Å². The van der Waals surface area contributed by atoms with Gasteiger partial charge in [-0.3, -0.25) is 0 Å². The molecule has 0 saturated heterocycles. The minimum Gasteiger partial charge on any atom is -0.333 e. The summed E-state index contributed by atoms with van der Waals surface area (Å²) in [5.74, 6) is 0.310. The third-order valence-electron chi connectivity index (χ3n) is 4.55. The second kappa shape index (κ2) is 14.2. The molecule has 31 heavy (non-hydrogen) atoms. The fourth-order valence-electron chi connectivity index (χ4n) is 3.08. The Labute approximate surface area is 193 Å². The van der Waals surface area contributed by atoms with E-state index in [9.17, 15) is 8.78 Å². The number of hydrogen-bond donors (Lipinski definition) is 1. The topological polar surface area (TPSA) is 56.2 Å². The largest absolute Gasteiger partial charge is 0.333 e. The summed E-state index contributed by atoms with van der Waals surface area (Å²) in [6.45, 7) is 13.5. The predicted octanol–water partition coefficient (Wildman–Crippen LogP) is 7.39. The third-order valence-corrected chi connectivity index (χ3v) is 5.72. The van der Waals surface area contributed by atoms with E-state index in [2.05, 4.69) is 37.5 Å². The predicted molar refractivity (Wildman–Crippen MR) is 133 cm³/mol. The van der Waals surface area contributed by atoms with Gasteiger partial charge in [-0.15, -0.1) is 18.3 Å². The Hall–Kier alpha value is -1.96. The second-order valence-electron chi connectivity index (χ2n) is 6.73. The summed E-state index contributed by atoms with van der Waals surface area (Å²) < 4.78 is 26.9. The number of aliphatic imine (C=N–C) groups is 1. The van der Waals surface area contributed by atoms with Crippen molar-refractivity contribution in [3.63, 3.8) is 0 Å². The van der Waals surface area contributed by atoms with Crippen molar-refractivity contribution >= 4 is 40.9 Å². The molecule has 1 aromatic carbocycles. The van der Waals surface area contributed by atoms with E-state index in [0.717, 1.165) is 54.3 Å². The van der Waals surface area contributed by atoms with Gasteiger partial charge in [0.25, 0.3) is 0 Å². The molecule has 0 aliphatic rings. The molecule has 2 rings (SSSR count). The van der Waals surface area contributed by atoms with Crippen molar-refractivity contribution in [2.24, 2.45) is 10.7 Å². The van der Waals surface area contributed by atoms with Crippen LogP contribution in [0.15, 0.2) is 48.5 Å². The van der Waals surface area contributed by atoms with Crippen LogP contribution in [0.2, 0.25) is 5.02 Å². The van der Waals surface area contributed by atoms with Crippen LogP contribution in [0.4, 0.5) is 14.6 Å². The fraction of sp³-hybridized carbons (Fsp3) is 0.391. The summed E-state index contributed by atoms with van der Waals surface area (Å²) in [5.41, 5.74) is 7.10. The summed E-state index contributed by atoms with van der Waals surface area (Å²) in [7, 11) is 1.50. The van der Waals surface area contributed by atoms with E-state index >= 15 is 0 Å². The normalized spacial score (nSPS) is 11.6. The first-order chi connectivity index (χ1) is 14.9. The molecule has 1 unspecified atom stereocenters. The van der Waals surface area contributed by atoms with Crippen molar-refractivity contribution in [1.29, 1.82) is 0 Å². The monoisotopic (exact) mass is 468 g/mol. The quantitative estimate of drug-likeness (QED) is 0.201. The van der Waals surface area contributed by atoms with Crippen molar-refractivity contribution in [3.8, 4) is 11.1 Å². The molecular formula is C23H31ClF2N4S. The average molecular weight is 469 g/mol. The number of nitrogens with zero attached hydrogens (tertiary/aromatic N) is 3. The average Bonchev–Trinajstić information content (AvgIpc) is 3.16. The molecule has 1 heterocycles. The fourth-order valence-corrected chi connectivity index (χ4v) is 3.77. The smallest absolute Gasteiger partial charge is 0.247 e. The molecule has 8 heteroatoms. The van der Waals surface area contributed by atoms with Gasteiger partial charge in [-0.05, 0) is 50.7 Å². The zero-order chi connectivity index (χ0) is 23.4. The zero-order valence-corrected chi connectivity index (χ0v) is 19.7. The summed E-state index contributed by atoms with van der Waals surface area (Å²) in [5, 5.41) is 5.75. The van der Waals surface area contributed by atoms with Gasteiger partial charge in [0.15, 0.2) is 5.82 Å². The van der Waals surface area contributed by atoms with E-state index in [0.29, 0.717) is 15.9 Å². The third kappa shape index (κ3) is 7.91. The van der Waals surface area contributed by atoms with Crippen molar-refractivity contribution in [2.75, 3.05) is 12.8 Å². The molecule has 0 aliphatic carbocycles. The number of hydrogen-bond acceptors (Lipinski definition) is 4. The van der Waals surface area contributed by atoms with Gasteiger partial charge in [0.2, 0.25) is 6.43 Å². The van der Waals surface area contributed by atoms with Crippen LogP contribution in [0, 0.1) is 0 Å². The first-order valence-electron chi connectivity index (χ1n) is 10.0. The van der Waals surface area contributed by atoms with E-state index in [-0.39, 0.29) is 11.7 Å². The summed E-state index contributed by atoms with van der Waals surface area (Å²) in [6, 6.07) is 7.42. The lowest BCUT2D eigenvalue weighted by Crippen LogP contribution is -2.02. The minimum absolute atomic E-state index is 0.153. The lowest BCUT2D eigenvalue weighted by Gasteiger charge is -2.11. The van der Waals surface area contributed by atoms with E-state index in [4.69, 9.17) is 16.7 Å². The molecule has 0 spiro atoms. The number of nitrogens with two attached hydrogens (primary N) is 1. The maximum atomic E-state index is 12.7. The van der Waals surface area contributed by atoms with Gasteiger partial charge < -0.3 is 5.73 Å². The van der Waals surface area contributed by atoms with Crippen LogP contribution in [0.3, 0.4) is 0 Å². The van der Waals surface area contributed by atoms with Crippen LogP contribution >= 0.6 is 23.4 Å². The molecule has 2 N–H and O–H groups in total. The highest BCUT2D eigenvalue weighted by molar-refractivity contribution is 8.07. The Bertz CT molecular complexity index is 850. The van der Waals surface area contributed by atoms with E-state index < -0.39 is 6.43 Å². The highest BCUT2D eigenvalue weighted by Gasteiger charge is 2.24. The number of thioether (sulfide) groups is 1. The molecule has 0 aliphatic heterocycles. The van der Waals surface area contributed by atoms with Gasteiger partial charge in [-0.25, -0.2) is 18.5 Å². The van der Waals surface area contributed by atoms with Gasteiger partial charge in [0.05, 0.1) is 22.0 Å². The SMILES string of the molecule is C=CCCCCC(C)c1nn(C(=C)SCC(F)F)c(N=C)c1-c1ccc(Cl)cc1.CN. The maximum absolute atomic E-state index is 12.7. The number of alkyl halides is 2. The Morgan fingerprint density at radius 2 is 1.94 bits per heavy atom. The molecule has 0 saturated carbocycles. The minimum atomic E-state index is -2.42. The van der Waals surface area contributed by atoms with E-state index in [1.165, 1.54) is 11.7 Å². The first kappa shape index (κ1) is 27.1. The van der Waals surface area contributed by atoms with Crippen molar-refractivity contribution in [3.05, 3.63) is 54.2 Å². The highest BCUT2D eigenvalue weighted by Crippen LogP contribution is 2.41. The van der Waals surface area contributed by atoms with Crippen LogP contribution in [-0.2, 0) is 0 Å². The Kier molecular flexibility index (Phi) is 12.4. The molecule has 0 amide bonds. The van der Waals surface area contributed by atoms with Crippen LogP contribution < -0.4 is 5.73 Å². The highest BCUT2D eigenvalue weighted by atomic mass is 35.5. The number of aromatic nitrogens is 2. The van der Waals surface area contributed by atoms with Gasteiger partial charge in [-0.2, -0.15) is 5.10 Å². The number of halogens is 3. The van der Waals surface area contributed by atoms with E-state index in [1.807, 2.05) is 18.2 Å². The molecular weight excluding hydrogens is 438 g/mol. The Morgan fingerprint density at radius 3 is 2.48 bits per heavy atom. The molecule has 1 atom stereocenters. The van der Waals surface area contributed by atoms with Gasteiger partial charge in [-0.1, -0.05) is 49.7 Å². The second-order valence-corrected chi connectivity index (χ2v) is 8.26. The molecule has 0 fully saturated rings. The van der Waals surface area contributed by atoms with Gasteiger partial charge in [0, 0.05) is 10.9 Å². The Morgan fingerprint density at radius 1 is 1.29 bits per heavy atom. The van der Waals surface area contributed by atoms with Crippen molar-refractivity contribution < 1.29 is 8.78 Å². The lowest BCUT2D eigenvalue weighted by atomic mass is 9.94. The molecule has 170 valence electrons. The maximum Gasteiger partial charge on any atom is 0.247 e. The molecule has 2 aromatic rings.